The van der Waals surface area contributed by atoms with E-state index < -0.39 is 0 Å². The molecular formula is C15H20N4. The molecule has 100 valence electrons. The number of benzene rings is 1. The van der Waals surface area contributed by atoms with Crippen LogP contribution in [0.1, 0.15) is 11.1 Å². The zero-order chi connectivity index (χ0) is 13.2. The second-order valence-electron chi connectivity index (χ2n) is 5.47. The summed E-state index contributed by atoms with van der Waals surface area (Å²) in [6.07, 6.45) is 0. The molecule has 4 nitrogen and oxygen atoms in total. The molecule has 0 atom stereocenters. The first-order valence-electron chi connectivity index (χ1n) is 6.98. The molecule has 0 aromatic heterocycles. The van der Waals surface area contributed by atoms with E-state index in [1.54, 1.807) is 0 Å². The van der Waals surface area contributed by atoms with Gasteiger partial charge in [-0.1, -0.05) is 6.07 Å². The summed E-state index contributed by atoms with van der Waals surface area (Å²) in [5, 5.41) is 12.6. The van der Waals surface area contributed by atoms with Crippen LogP contribution >= 0.6 is 0 Å². The lowest BCUT2D eigenvalue weighted by Gasteiger charge is -2.44. The first-order valence-corrected chi connectivity index (χ1v) is 6.98. The molecule has 0 aliphatic carbocycles. The molecule has 2 heterocycles. The number of rotatable bonds is 2. The molecule has 2 aliphatic rings. The molecule has 1 N–H and O–H groups in total. The Morgan fingerprint density at radius 2 is 1.95 bits per heavy atom. The first-order chi connectivity index (χ1) is 9.28. The second-order valence-corrected chi connectivity index (χ2v) is 5.47. The van der Waals surface area contributed by atoms with E-state index in [2.05, 4.69) is 34.2 Å². The summed E-state index contributed by atoms with van der Waals surface area (Å²) in [4.78, 5) is 4.92. The van der Waals surface area contributed by atoms with Crippen molar-refractivity contribution in [2.24, 2.45) is 0 Å². The minimum atomic E-state index is 0.732. The molecule has 0 unspecified atom stereocenters. The van der Waals surface area contributed by atoms with Crippen LogP contribution in [0.25, 0.3) is 0 Å². The van der Waals surface area contributed by atoms with E-state index in [1.807, 2.05) is 12.1 Å². The van der Waals surface area contributed by atoms with Crippen molar-refractivity contribution in [2.45, 2.75) is 13.0 Å². The average Bonchev–Trinajstić information content (AvgIpc) is 2.37. The van der Waals surface area contributed by atoms with Gasteiger partial charge in [0.1, 0.15) is 6.07 Å². The highest BCUT2D eigenvalue weighted by Gasteiger charge is 2.28. The van der Waals surface area contributed by atoms with Gasteiger partial charge in [-0.15, -0.1) is 0 Å². The predicted molar refractivity (Wildman–Crippen MR) is 76.3 cm³/mol. The Kier molecular flexibility index (Phi) is 3.41. The van der Waals surface area contributed by atoms with Gasteiger partial charge < -0.3 is 10.2 Å². The molecule has 0 radical (unpaired) electrons. The summed E-state index contributed by atoms with van der Waals surface area (Å²) in [6.45, 7) is 8.60. The van der Waals surface area contributed by atoms with E-state index in [0.717, 1.165) is 56.6 Å². The zero-order valence-corrected chi connectivity index (χ0v) is 11.4. The van der Waals surface area contributed by atoms with Crippen LogP contribution in [-0.4, -0.2) is 50.2 Å². The van der Waals surface area contributed by atoms with Gasteiger partial charge >= 0.3 is 0 Å². The van der Waals surface area contributed by atoms with E-state index in [0.29, 0.717) is 0 Å². The SMILES string of the molecule is Cc1ccc(C#N)c(N2CCN(C3CNC3)CC2)c1. The molecule has 0 spiro atoms. The highest BCUT2D eigenvalue weighted by molar-refractivity contribution is 5.61. The molecule has 4 heteroatoms. The van der Waals surface area contributed by atoms with Crippen molar-refractivity contribution in [3.8, 4) is 6.07 Å². The van der Waals surface area contributed by atoms with Crippen molar-refractivity contribution < 1.29 is 0 Å². The van der Waals surface area contributed by atoms with Crippen molar-refractivity contribution in [1.29, 1.82) is 5.26 Å². The van der Waals surface area contributed by atoms with Crippen LogP contribution in [0.2, 0.25) is 0 Å². The van der Waals surface area contributed by atoms with Gasteiger partial charge in [0.2, 0.25) is 0 Å². The lowest BCUT2D eigenvalue weighted by molar-refractivity contribution is 0.138. The van der Waals surface area contributed by atoms with Crippen molar-refractivity contribution in [3.05, 3.63) is 29.3 Å². The van der Waals surface area contributed by atoms with E-state index in [4.69, 9.17) is 0 Å². The summed E-state index contributed by atoms with van der Waals surface area (Å²) in [7, 11) is 0. The summed E-state index contributed by atoms with van der Waals surface area (Å²) in [5.41, 5.74) is 3.12. The van der Waals surface area contributed by atoms with Crippen LogP contribution in [0.5, 0.6) is 0 Å². The van der Waals surface area contributed by atoms with Gasteiger partial charge in [-0.3, -0.25) is 4.90 Å². The summed E-state index contributed by atoms with van der Waals surface area (Å²) < 4.78 is 0. The smallest absolute Gasteiger partial charge is 0.101 e. The molecule has 0 amide bonds. The third-order valence-corrected chi connectivity index (χ3v) is 4.20. The molecule has 2 fully saturated rings. The molecule has 2 aliphatic heterocycles. The Hall–Kier alpha value is -1.57. The number of aryl methyl sites for hydroxylation is 1. The first kappa shape index (κ1) is 12.5. The summed E-state index contributed by atoms with van der Waals surface area (Å²) in [5.74, 6) is 0. The minimum Gasteiger partial charge on any atom is -0.368 e. The van der Waals surface area contributed by atoms with Gasteiger partial charge in [-0.05, 0) is 24.6 Å². The molecule has 19 heavy (non-hydrogen) atoms. The number of hydrogen-bond donors (Lipinski definition) is 1. The fourth-order valence-corrected chi connectivity index (χ4v) is 2.86. The van der Waals surface area contributed by atoms with Crippen LogP contribution in [0.4, 0.5) is 5.69 Å². The third kappa shape index (κ3) is 2.44. The number of hydrogen-bond acceptors (Lipinski definition) is 4. The maximum absolute atomic E-state index is 9.23. The molecule has 3 rings (SSSR count). The lowest BCUT2D eigenvalue weighted by atomic mass is 10.1. The van der Waals surface area contributed by atoms with Crippen molar-refractivity contribution >= 4 is 5.69 Å². The highest BCUT2D eigenvalue weighted by atomic mass is 15.3. The normalized spacial score (nSPS) is 20.9. The van der Waals surface area contributed by atoms with E-state index in [-0.39, 0.29) is 0 Å². The van der Waals surface area contributed by atoms with Crippen molar-refractivity contribution in [1.82, 2.24) is 10.2 Å². The van der Waals surface area contributed by atoms with Crippen LogP contribution in [0.15, 0.2) is 18.2 Å². The number of piperazine rings is 1. The number of nitrogens with zero attached hydrogens (tertiary/aromatic N) is 3. The summed E-state index contributed by atoms with van der Waals surface area (Å²) in [6, 6.07) is 9.13. The standard InChI is InChI=1S/C15H20N4/c1-12-2-3-13(9-16)15(8-12)19-6-4-18(5-7-19)14-10-17-11-14/h2-3,8,14,17H,4-7,10-11H2,1H3. The Morgan fingerprint density at radius 3 is 2.53 bits per heavy atom. The second kappa shape index (κ2) is 5.20. The molecule has 0 bridgehead atoms. The van der Waals surface area contributed by atoms with Crippen molar-refractivity contribution in [2.75, 3.05) is 44.2 Å². The number of nitriles is 1. The summed E-state index contributed by atoms with van der Waals surface area (Å²) >= 11 is 0. The number of anilines is 1. The topological polar surface area (TPSA) is 42.3 Å². The fourth-order valence-electron chi connectivity index (χ4n) is 2.86. The Morgan fingerprint density at radius 1 is 1.21 bits per heavy atom. The Bertz CT molecular complexity index is 493. The quantitative estimate of drug-likeness (QED) is 0.856. The fraction of sp³-hybridized carbons (Fsp3) is 0.533. The predicted octanol–water partition coefficient (Wildman–Crippen LogP) is 0.960. The van der Waals surface area contributed by atoms with Gasteiger partial charge in [0.05, 0.1) is 11.3 Å². The van der Waals surface area contributed by atoms with Crippen molar-refractivity contribution in [3.63, 3.8) is 0 Å². The van der Waals surface area contributed by atoms with Gasteiger partial charge in [0, 0.05) is 45.3 Å². The molecule has 2 saturated heterocycles. The van der Waals surface area contributed by atoms with E-state index in [1.165, 1.54) is 5.56 Å². The largest absolute Gasteiger partial charge is 0.368 e. The maximum atomic E-state index is 9.23. The van der Waals surface area contributed by atoms with Gasteiger partial charge in [0.15, 0.2) is 0 Å². The van der Waals surface area contributed by atoms with Crippen LogP contribution in [0, 0.1) is 18.3 Å². The maximum Gasteiger partial charge on any atom is 0.101 e. The number of nitrogens with one attached hydrogen (secondary N) is 1. The third-order valence-electron chi connectivity index (χ3n) is 4.20. The molecule has 1 aromatic carbocycles. The Balaban J connectivity index is 1.71. The van der Waals surface area contributed by atoms with E-state index >= 15 is 0 Å². The van der Waals surface area contributed by atoms with Gasteiger partial charge in [0.25, 0.3) is 0 Å². The highest BCUT2D eigenvalue weighted by Crippen LogP contribution is 2.23. The van der Waals surface area contributed by atoms with Gasteiger partial charge in [-0.25, -0.2) is 0 Å². The lowest BCUT2D eigenvalue weighted by Crippen LogP contribution is -2.61. The molecular weight excluding hydrogens is 236 g/mol. The Labute approximate surface area is 114 Å². The molecule has 0 saturated carbocycles. The van der Waals surface area contributed by atoms with Crippen LogP contribution < -0.4 is 10.2 Å². The van der Waals surface area contributed by atoms with E-state index in [9.17, 15) is 5.26 Å². The molecule has 1 aromatic rings. The van der Waals surface area contributed by atoms with Gasteiger partial charge in [-0.2, -0.15) is 5.26 Å². The minimum absolute atomic E-state index is 0.732. The average molecular weight is 256 g/mol. The van der Waals surface area contributed by atoms with Crippen LogP contribution in [-0.2, 0) is 0 Å². The monoisotopic (exact) mass is 256 g/mol. The van der Waals surface area contributed by atoms with Crippen LogP contribution in [0.3, 0.4) is 0 Å². The zero-order valence-electron chi connectivity index (χ0n) is 11.4.